The first-order chi connectivity index (χ1) is 12.2. The van der Waals surface area contributed by atoms with Crippen LogP contribution in [0, 0.1) is 0 Å². The SMILES string of the molecule is O=C(Nc1cccc(Cn2ccnc2)c1)c1sc2ccccc2c1Cl. The fourth-order valence-electron chi connectivity index (χ4n) is 2.69. The van der Waals surface area contributed by atoms with Crippen molar-refractivity contribution >= 4 is 44.6 Å². The molecule has 0 fully saturated rings. The lowest BCUT2D eigenvalue weighted by molar-refractivity contribution is 0.103. The highest BCUT2D eigenvalue weighted by molar-refractivity contribution is 7.21. The van der Waals surface area contributed by atoms with Gasteiger partial charge in [-0.3, -0.25) is 4.79 Å². The number of hydrogen-bond donors (Lipinski definition) is 1. The van der Waals surface area contributed by atoms with Gasteiger partial charge in [-0.15, -0.1) is 11.3 Å². The number of carbonyl (C=O) groups is 1. The Morgan fingerprint density at radius 2 is 2.08 bits per heavy atom. The minimum Gasteiger partial charge on any atom is -0.333 e. The molecular formula is C19H14ClN3OS. The van der Waals surface area contributed by atoms with Crippen LogP contribution in [-0.4, -0.2) is 15.5 Å². The normalized spacial score (nSPS) is 10.9. The van der Waals surface area contributed by atoms with Gasteiger partial charge in [0.2, 0.25) is 0 Å². The van der Waals surface area contributed by atoms with E-state index in [2.05, 4.69) is 10.3 Å². The first kappa shape index (κ1) is 15.9. The van der Waals surface area contributed by atoms with Crippen molar-refractivity contribution in [2.75, 3.05) is 5.32 Å². The van der Waals surface area contributed by atoms with Gasteiger partial charge in [0.05, 0.1) is 11.3 Å². The van der Waals surface area contributed by atoms with Gasteiger partial charge in [-0.2, -0.15) is 0 Å². The maximum Gasteiger partial charge on any atom is 0.267 e. The van der Waals surface area contributed by atoms with Crippen molar-refractivity contribution in [2.24, 2.45) is 0 Å². The van der Waals surface area contributed by atoms with Crippen molar-refractivity contribution in [2.45, 2.75) is 6.54 Å². The maximum atomic E-state index is 12.6. The van der Waals surface area contributed by atoms with Crippen LogP contribution in [0.3, 0.4) is 0 Å². The Bertz CT molecular complexity index is 1040. The molecule has 0 atom stereocenters. The molecule has 1 amide bonds. The van der Waals surface area contributed by atoms with Crippen LogP contribution in [0.25, 0.3) is 10.1 Å². The highest BCUT2D eigenvalue weighted by atomic mass is 35.5. The molecule has 0 bridgehead atoms. The Balaban J connectivity index is 1.57. The second-order valence-corrected chi connectivity index (χ2v) is 7.06. The third kappa shape index (κ3) is 3.29. The van der Waals surface area contributed by atoms with Crippen molar-refractivity contribution in [1.29, 1.82) is 0 Å². The Morgan fingerprint density at radius 1 is 1.20 bits per heavy atom. The summed E-state index contributed by atoms with van der Waals surface area (Å²) in [5.41, 5.74) is 1.83. The van der Waals surface area contributed by atoms with E-state index in [9.17, 15) is 4.79 Å². The highest BCUT2D eigenvalue weighted by Crippen LogP contribution is 2.35. The number of hydrogen-bond acceptors (Lipinski definition) is 3. The van der Waals surface area contributed by atoms with Crippen LogP contribution in [0.2, 0.25) is 5.02 Å². The number of carbonyl (C=O) groups excluding carboxylic acids is 1. The number of thiophene rings is 1. The molecule has 0 saturated heterocycles. The molecule has 2 heterocycles. The van der Waals surface area contributed by atoms with E-state index < -0.39 is 0 Å². The van der Waals surface area contributed by atoms with Crippen LogP contribution in [0.4, 0.5) is 5.69 Å². The van der Waals surface area contributed by atoms with Gasteiger partial charge in [-0.1, -0.05) is 41.9 Å². The number of aromatic nitrogens is 2. The number of fused-ring (bicyclic) bond motifs is 1. The molecule has 25 heavy (non-hydrogen) atoms. The van der Waals surface area contributed by atoms with Gasteiger partial charge < -0.3 is 9.88 Å². The fraction of sp³-hybridized carbons (Fsp3) is 0.0526. The molecule has 6 heteroatoms. The topological polar surface area (TPSA) is 46.9 Å². The van der Waals surface area contributed by atoms with E-state index in [0.29, 0.717) is 16.4 Å². The standard InChI is InChI=1S/C19H14ClN3OS/c20-17-15-6-1-2-7-16(15)25-18(17)19(24)22-14-5-3-4-13(10-14)11-23-9-8-21-12-23/h1-10,12H,11H2,(H,22,24). The quantitative estimate of drug-likeness (QED) is 0.548. The summed E-state index contributed by atoms with van der Waals surface area (Å²) >= 11 is 7.79. The summed E-state index contributed by atoms with van der Waals surface area (Å²) in [6.07, 6.45) is 5.42. The Labute approximate surface area is 153 Å². The van der Waals surface area contributed by atoms with Gasteiger partial charge >= 0.3 is 0 Å². The van der Waals surface area contributed by atoms with Crippen molar-refractivity contribution in [1.82, 2.24) is 9.55 Å². The van der Waals surface area contributed by atoms with Crippen LogP contribution >= 0.6 is 22.9 Å². The van der Waals surface area contributed by atoms with Crippen LogP contribution in [-0.2, 0) is 6.54 Å². The molecule has 1 N–H and O–H groups in total. The molecule has 2 aromatic heterocycles. The molecule has 4 rings (SSSR count). The zero-order valence-corrected chi connectivity index (χ0v) is 14.7. The van der Waals surface area contributed by atoms with Crippen molar-refractivity contribution in [3.8, 4) is 0 Å². The first-order valence-electron chi connectivity index (χ1n) is 7.74. The monoisotopic (exact) mass is 367 g/mol. The summed E-state index contributed by atoms with van der Waals surface area (Å²) < 4.78 is 2.98. The van der Waals surface area contributed by atoms with Crippen molar-refractivity contribution in [3.63, 3.8) is 0 Å². The molecule has 2 aromatic carbocycles. The zero-order valence-electron chi connectivity index (χ0n) is 13.1. The molecule has 0 aliphatic heterocycles. The molecule has 124 valence electrons. The summed E-state index contributed by atoms with van der Waals surface area (Å²) in [4.78, 5) is 17.2. The summed E-state index contributed by atoms with van der Waals surface area (Å²) in [6.45, 7) is 0.702. The second kappa shape index (κ2) is 6.70. The number of halogens is 1. The summed E-state index contributed by atoms with van der Waals surface area (Å²) in [5.74, 6) is -0.189. The van der Waals surface area contributed by atoms with E-state index in [1.54, 1.807) is 12.5 Å². The second-order valence-electron chi connectivity index (χ2n) is 5.63. The molecule has 0 spiro atoms. The molecule has 0 unspecified atom stereocenters. The lowest BCUT2D eigenvalue weighted by Crippen LogP contribution is -2.11. The summed E-state index contributed by atoms with van der Waals surface area (Å²) in [5, 5.41) is 4.36. The van der Waals surface area contributed by atoms with Gasteiger partial charge in [0, 0.05) is 34.7 Å². The number of imidazole rings is 1. The average Bonchev–Trinajstić information content (AvgIpc) is 3.24. The van der Waals surface area contributed by atoms with Gasteiger partial charge in [0.25, 0.3) is 5.91 Å². The van der Waals surface area contributed by atoms with E-state index in [1.807, 2.05) is 59.3 Å². The number of amides is 1. The van der Waals surface area contributed by atoms with Crippen molar-refractivity contribution < 1.29 is 4.79 Å². The third-order valence-corrected chi connectivity index (χ3v) is 5.52. The lowest BCUT2D eigenvalue weighted by Gasteiger charge is -2.07. The highest BCUT2D eigenvalue weighted by Gasteiger charge is 2.17. The number of anilines is 1. The van der Waals surface area contributed by atoms with Gasteiger partial charge in [0.15, 0.2) is 0 Å². The van der Waals surface area contributed by atoms with Crippen LogP contribution in [0.15, 0.2) is 67.3 Å². The van der Waals surface area contributed by atoms with Gasteiger partial charge in [0.1, 0.15) is 4.88 Å². The fourth-order valence-corrected chi connectivity index (χ4v) is 4.10. The smallest absolute Gasteiger partial charge is 0.267 e. The molecule has 0 aliphatic carbocycles. The van der Waals surface area contributed by atoms with Crippen LogP contribution in [0.5, 0.6) is 0 Å². The van der Waals surface area contributed by atoms with Crippen molar-refractivity contribution in [3.05, 3.63) is 82.7 Å². The van der Waals surface area contributed by atoms with E-state index >= 15 is 0 Å². The molecule has 0 saturated carbocycles. The number of benzene rings is 2. The molecule has 4 nitrogen and oxygen atoms in total. The van der Waals surface area contributed by atoms with Crippen LogP contribution < -0.4 is 5.32 Å². The molecule has 0 radical (unpaired) electrons. The molecule has 4 aromatic rings. The van der Waals surface area contributed by atoms with E-state index in [4.69, 9.17) is 11.6 Å². The first-order valence-corrected chi connectivity index (χ1v) is 8.93. The largest absolute Gasteiger partial charge is 0.333 e. The summed E-state index contributed by atoms with van der Waals surface area (Å²) in [7, 11) is 0. The number of nitrogens with one attached hydrogen (secondary N) is 1. The summed E-state index contributed by atoms with van der Waals surface area (Å²) in [6, 6.07) is 15.5. The number of nitrogens with zero attached hydrogens (tertiary/aromatic N) is 2. The minimum absolute atomic E-state index is 0.189. The molecule has 0 aliphatic rings. The Hall–Kier alpha value is -2.63. The number of rotatable bonds is 4. The van der Waals surface area contributed by atoms with Gasteiger partial charge in [-0.25, -0.2) is 4.98 Å². The Morgan fingerprint density at radius 3 is 2.88 bits per heavy atom. The predicted octanol–water partition coefficient (Wildman–Crippen LogP) is 5.05. The molecular weight excluding hydrogens is 354 g/mol. The third-order valence-electron chi connectivity index (χ3n) is 3.85. The predicted molar refractivity (Wildman–Crippen MR) is 103 cm³/mol. The van der Waals surface area contributed by atoms with Crippen LogP contribution in [0.1, 0.15) is 15.2 Å². The van der Waals surface area contributed by atoms with E-state index in [-0.39, 0.29) is 5.91 Å². The van der Waals surface area contributed by atoms with E-state index in [1.165, 1.54) is 11.3 Å². The minimum atomic E-state index is -0.189. The average molecular weight is 368 g/mol. The zero-order chi connectivity index (χ0) is 17.2. The van der Waals surface area contributed by atoms with E-state index in [0.717, 1.165) is 21.3 Å². The lowest BCUT2D eigenvalue weighted by atomic mass is 10.2. The van der Waals surface area contributed by atoms with Gasteiger partial charge in [-0.05, 0) is 23.8 Å². The maximum absolute atomic E-state index is 12.6. The Kier molecular flexibility index (Phi) is 4.26.